The number of benzene rings is 1. The summed E-state index contributed by atoms with van der Waals surface area (Å²) in [7, 11) is 0. The average Bonchev–Trinajstić information content (AvgIpc) is 3.04. The Balaban J connectivity index is 1.53. The molecule has 2 N–H and O–H groups in total. The summed E-state index contributed by atoms with van der Waals surface area (Å²) in [6.07, 6.45) is 5.93. The zero-order valence-corrected chi connectivity index (χ0v) is 13.9. The Morgan fingerprint density at radius 2 is 2.13 bits per heavy atom. The minimum absolute atomic E-state index is 0.598. The van der Waals surface area contributed by atoms with Gasteiger partial charge in [0.25, 0.3) is 0 Å². The molecular formula is C18H25N5. The first-order valence-electron chi connectivity index (χ1n) is 8.40. The van der Waals surface area contributed by atoms with Gasteiger partial charge in [0, 0.05) is 31.5 Å². The maximum Gasteiger partial charge on any atom is 0.191 e. The van der Waals surface area contributed by atoms with Crippen molar-refractivity contribution in [2.24, 2.45) is 10.9 Å². The molecule has 23 heavy (non-hydrogen) atoms. The summed E-state index contributed by atoms with van der Waals surface area (Å²) in [5.41, 5.74) is 2.38. The van der Waals surface area contributed by atoms with Crippen molar-refractivity contribution in [3.05, 3.63) is 48.3 Å². The van der Waals surface area contributed by atoms with Crippen molar-refractivity contribution < 1.29 is 0 Å². The van der Waals surface area contributed by atoms with Crippen LogP contribution in [0.25, 0.3) is 5.69 Å². The van der Waals surface area contributed by atoms with E-state index < -0.39 is 0 Å². The topological polar surface area (TPSA) is 54.2 Å². The summed E-state index contributed by atoms with van der Waals surface area (Å²) in [5, 5.41) is 11.0. The van der Waals surface area contributed by atoms with E-state index >= 15 is 0 Å². The van der Waals surface area contributed by atoms with Crippen LogP contribution in [0.2, 0.25) is 0 Å². The van der Waals surface area contributed by atoms with Crippen LogP contribution in [0.3, 0.4) is 0 Å². The van der Waals surface area contributed by atoms with E-state index in [1.807, 2.05) is 16.9 Å². The lowest BCUT2D eigenvalue weighted by atomic mass is 10.1. The average molecular weight is 311 g/mol. The standard InChI is InChI=1S/C18H25N5/c1-3-19-18(22-17-13-14(17)2)20-11-9-15-5-7-16(8-6-15)23-12-4-10-21-23/h4-8,10,12,14,17H,3,9,11,13H2,1-2H3,(H2,19,20,22). The summed E-state index contributed by atoms with van der Waals surface area (Å²) in [6.45, 7) is 6.05. The molecule has 1 saturated carbocycles. The molecule has 2 aromatic rings. The maximum atomic E-state index is 4.67. The number of nitrogens with zero attached hydrogens (tertiary/aromatic N) is 3. The van der Waals surface area contributed by atoms with Crippen LogP contribution in [0.5, 0.6) is 0 Å². The molecule has 1 aliphatic rings. The lowest BCUT2D eigenvalue weighted by molar-refractivity contribution is 0.765. The van der Waals surface area contributed by atoms with Gasteiger partial charge < -0.3 is 10.6 Å². The maximum absolute atomic E-state index is 4.67. The molecule has 0 radical (unpaired) electrons. The largest absolute Gasteiger partial charge is 0.357 e. The Morgan fingerprint density at radius 1 is 1.35 bits per heavy atom. The molecule has 1 aromatic heterocycles. The van der Waals surface area contributed by atoms with Gasteiger partial charge in [-0.3, -0.25) is 4.99 Å². The second-order valence-corrected chi connectivity index (χ2v) is 6.09. The van der Waals surface area contributed by atoms with Crippen molar-refractivity contribution >= 4 is 5.96 Å². The molecule has 5 nitrogen and oxygen atoms in total. The van der Waals surface area contributed by atoms with Crippen molar-refractivity contribution in [2.75, 3.05) is 13.1 Å². The van der Waals surface area contributed by atoms with Crippen LogP contribution in [0, 0.1) is 5.92 Å². The molecule has 0 amide bonds. The van der Waals surface area contributed by atoms with Crippen LogP contribution in [-0.4, -0.2) is 34.9 Å². The number of rotatable bonds is 6. The summed E-state index contributed by atoms with van der Waals surface area (Å²) < 4.78 is 1.87. The van der Waals surface area contributed by atoms with Crippen LogP contribution in [0.15, 0.2) is 47.7 Å². The first-order chi connectivity index (χ1) is 11.3. The molecule has 5 heteroatoms. The van der Waals surface area contributed by atoms with Gasteiger partial charge in [-0.05, 0) is 49.4 Å². The van der Waals surface area contributed by atoms with Crippen LogP contribution >= 0.6 is 0 Å². The summed E-state index contributed by atoms with van der Waals surface area (Å²) in [6, 6.07) is 11.0. The zero-order chi connectivity index (χ0) is 16.1. The Hall–Kier alpha value is -2.30. The number of hydrogen-bond donors (Lipinski definition) is 2. The number of nitrogens with one attached hydrogen (secondary N) is 2. The van der Waals surface area contributed by atoms with E-state index in [2.05, 4.69) is 58.8 Å². The molecule has 3 rings (SSSR count). The fourth-order valence-corrected chi connectivity index (χ4v) is 2.55. The highest BCUT2D eigenvalue weighted by molar-refractivity contribution is 5.80. The van der Waals surface area contributed by atoms with Gasteiger partial charge in [0.15, 0.2) is 5.96 Å². The SMILES string of the molecule is CCNC(=NCCc1ccc(-n2cccn2)cc1)NC1CC1C. The third-order valence-corrected chi connectivity index (χ3v) is 4.15. The second kappa shape index (κ2) is 7.31. The first kappa shape index (κ1) is 15.6. The zero-order valence-electron chi connectivity index (χ0n) is 13.9. The Morgan fingerprint density at radius 3 is 2.74 bits per heavy atom. The van der Waals surface area contributed by atoms with E-state index in [1.54, 1.807) is 6.20 Å². The minimum atomic E-state index is 0.598. The Kier molecular flexibility index (Phi) is 4.95. The van der Waals surface area contributed by atoms with Gasteiger partial charge in [0.05, 0.1) is 5.69 Å². The molecule has 1 heterocycles. The van der Waals surface area contributed by atoms with E-state index in [0.717, 1.165) is 37.1 Å². The lowest BCUT2D eigenvalue weighted by Crippen LogP contribution is -2.39. The van der Waals surface area contributed by atoms with Gasteiger partial charge in [-0.25, -0.2) is 4.68 Å². The third-order valence-electron chi connectivity index (χ3n) is 4.15. The summed E-state index contributed by atoms with van der Waals surface area (Å²) in [5.74, 6) is 1.71. The van der Waals surface area contributed by atoms with Gasteiger partial charge in [-0.15, -0.1) is 0 Å². The lowest BCUT2D eigenvalue weighted by Gasteiger charge is -2.10. The summed E-state index contributed by atoms with van der Waals surface area (Å²) >= 11 is 0. The fraction of sp³-hybridized carbons (Fsp3) is 0.444. The molecule has 1 fully saturated rings. The molecule has 122 valence electrons. The predicted octanol–water partition coefficient (Wildman–Crippen LogP) is 2.38. The van der Waals surface area contributed by atoms with Gasteiger partial charge in [0.2, 0.25) is 0 Å². The van der Waals surface area contributed by atoms with Crippen LogP contribution in [0.1, 0.15) is 25.8 Å². The van der Waals surface area contributed by atoms with Gasteiger partial charge in [0.1, 0.15) is 0 Å². The number of hydrogen-bond acceptors (Lipinski definition) is 2. The molecule has 2 unspecified atom stereocenters. The highest BCUT2D eigenvalue weighted by Gasteiger charge is 2.33. The first-order valence-corrected chi connectivity index (χ1v) is 8.40. The number of aromatic nitrogens is 2. The molecule has 2 atom stereocenters. The molecule has 0 saturated heterocycles. The molecule has 0 bridgehead atoms. The monoisotopic (exact) mass is 311 g/mol. The normalized spacial score (nSPS) is 20.3. The van der Waals surface area contributed by atoms with Crippen molar-refractivity contribution in [1.29, 1.82) is 0 Å². The number of aliphatic imine (C=N–C) groups is 1. The molecular weight excluding hydrogens is 286 g/mol. The smallest absolute Gasteiger partial charge is 0.191 e. The van der Waals surface area contributed by atoms with E-state index in [4.69, 9.17) is 0 Å². The molecule has 1 aromatic carbocycles. The fourth-order valence-electron chi connectivity index (χ4n) is 2.55. The van der Waals surface area contributed by atoms with Crippen LogP contribution < -0.4 is 10.6 Å². The van der Waals surface area contributed by atoms with Crippen LogP contribution in [0.4, 0.5) is 0 Å². The van der Waals surface area contributed by atoms with Crippen molar-refractivity contribution in [2.45, 2.75) is 32.7 Å². The van der Waals surface area contributed by atoms with Gasteiger partial charge in [-0.2, -0.15) is 5.10 Å². The quantitative estimate of drug-likeness (QED) is 0.636. The van der Waals surface area contributed by atoms with E-state index in [0.29, 0.717) is 6.04 Å². The van der Waals surface area contributed by atoms with Gasteiger partial charge in [-0.1, -0.05) is 19.1 Å². The van der Waals surface area contributed by atoms with E-state index in [9.17, 15) is 0 Å². The third kappa shape index (κ3) is 4.34. The Labute approximate surface area is 137 Å². The van der Waals surface area contributed by atoms with Crippen molar-refractivity contribution in [1.82, 2.24) is 20.4 Å². The van der Waals surface area contributed by atoms with Crippen LogP contribution in [-0.2, 0) is 6.42 Å². The highest BCUT2D eigenvalue weighted by Crippen LogP contribution is 2.28. The van der Waals surface area contributed by atoms with E-state index in [1.165, 1.54) is 12.0 Å². The number of guanidine groups is 1. The Bertz CT molecular complexity index is 630. The van der Waals surface area contributed by atoms with Gasteiger partial charge >= 0.3 is 0 Å². The molecule has 1 aliphatic carbocycles. The molecule has 0 spiro atoms. The second-order valence-electron chi connectivity index (χ2n) is 6.09. The highest BCUT2D eigenvalue weighted by atomic mass is 15.3. The van der Waals surface area contributed by atoms with E-state index in [-0.39, 0.29) is 0 Å². The van der Waals surface area contributed by atoms with Crippen molar-refractivity contribution in [3.8, 4) is 5.69 Å². The van der Waals surface area contributed by atoms with Crippen molar-refractivity contribution in [3.63, 3.8) is 0 Å². The predicted molar refractivity (Wildman–Crippen MR) is 94.0 cm³/mol. The summed E-state index contributed by atoms with van der Waals surface area (Å²) in [4.78, 5) is 4.67. The minimum Gasteiger partial charge on any atom is -0.357 e. The molecule has 0 aliphatic heterocycles.